The van der Waals surface area contributed by atoms with Crippen LogP contribution in [-0.4, -0.2) is 11.2 Å². The lowest BCUT2D eigenvalue weighted by Crippen LogP contribution is -1.98. The first-order valence-electron chi connectivity index (χ1n) is 4.22. The largest absolute Gasteiger partial charge is 0.392 e. The second-order valence-corrected chi connectivity index (χ2v) is 3.25. The summed E-state index contributed by atoms with van der Waals surface area (Å²) in [6.45, 7) is 0. The maximum Gasteiger partial charge on any atom is 0.294 e. The summed E-state index contributed by atoms with van der Waals surface area (Å²) < 4.78 is 0. The highest BCUT2D eigenvalue weighted by Crippen LogP contribution is 2.28. The average molecular weight is 239 g/mol. The first-order valence-corrected chi connectivity index (χ1v) is 4.60. The molecule has 0 saturated carbocycles. The van der Waals surface area contributed by atoms with Gasteiger partial charge in [-0.2, -0.15) is 0 Å². The third-order valence-electron chi connectivity index (χ3n) is 1.73. The topological polar surface area (TPSA) is 86.2 Å². The average Bonchev–Trinajstić information content (AvgIpc) is 2.22. The van der Waals surface area contributed by atoms with E-state index >= 15 is 0 Å². The Morgan fingerprint density at radius 1 is 1.56 bits per heavy atom. The molecule has 0 aliphatic carbocycles. The van der Waals surface area contributed by atoms with E-state index in [0.717, 1.165) is 6.07 Å². The molecule has 0 fully saturated rings. The van der Waals surface area contributed by atoms with Crippen LogP contribution in [-0.2, 0) is 4.79 Å². The lowest BCUT2D eigenvalue weighted by molar-refractivity contribution is -0.383. The number of carbonyl (C=O) groups is 1. The number of nitrogens with zero attached hydrogens (tertiary/aromatic N) is 1. The third kappa shape index (κ3) is 2.72. The first-order chi connectivity index (χ1) is 7.56. The van der Waals surface area contributed by atoms with Gasteiger partial charge in [-0.15, -0.1) is 0 Å². The van der Waals surface area contributed by atoms with Crippen molar-refractivity contribution >= 4 is 29.3 Å². The van der Waals surface area contributed by atoms with Crippen molar-refractivity contribution in [3.05, 3.63) is 32.8 Å². The molecule has 0 spiro atoms. The second kappa shape index (κ2) is 5.14. The quantitative estimate of drug-likeness (QED) is 0.280. The van der Waals surface area contributed by atoms with Gasteiger partial charge in [-0.3, -0.25) is 10.1 Å². The van der Waals surface area contributed by atoms with Crippen LogP contribution in [0.25, 0.3) is 0 Å². The number of nitrogens with two attached hydrogens (primary N) is 1. The van der Waals surface area contributed by atoms with Gasteiger partial charge >= 0.3 is 0 Å². The lowest BCUT2D eigenvalue weighted by atomic mass is 10.1. The van der Waals surface area contributed by atoms with Crippen LogP contribution in [0.3, 0.4) is 0 Å². The maximum absolute atomic E-state index is 10.6. The summed E-state index contributed by atoms with van der Waals surface area (Å²) in [5.74, 6) is 5.06. The summed E-state index contributed by atoms with van der Waals surface area (Å²) >= 11 is 5.68. The predicted molar refractivity (Wildman–Crippen MR) is 60.1 cm³/mol. The summed E-state index contributed by atoms with van der Waals surface area (Å²) in [6, 6.07) is 2.57. The molecule has 0 radical (unpaired) electrons. The molecule has 0 unspecified atom stereocenters. The van der Waals surface area contributed by atoms with Gasteiger partial charge in [0.2, 0.25) is 0 Å². The van der Waals surface area contributed by atoms with Gasteiger partial charge < -0.3 is 10.5 Å². The van der Waals surface area contributed by atoms with Crippen molar-refractivity contribution in [2.45, 2.75) is 6.42 Å². The number of hydrogen-bond donors (Lipinski definition) is 1. The third-order valence-corrected chi connectivity index (χ3v) is 1.95. The number of anilines is 1. The Hall–Kier alpha value is -2.06. The molecule has 0 aliphatic rings. The Morgan fingerprint density at radius 3 is 2.81 bits per heavy atom. The Labute approximate surface area is 96.3 Å². The van der Waals surface area contributed by atoms with Crippen molar-refractivity contribution < 1.29 is 9.72 Å². The summed E-state index contributed by atoms with van der Waals surface area (Å²) in [7, 11) is 0. The number of halogens is 1. The van der Waals surface area contributed by atoms with Crippen LogP contribution in [0.1, 0.15) is 12.0 Å². The highest BCUT2D eigenvalue weighted by Gasteiger charge is 2.15. The van der Waals surface area contributed by atoms with E-state index in [0.29, 0.717) is 6.29 Å². The fourth-order valence-electron chi connectivity index (χ4n) is 1.05. The second-order valence-electron chi connectivity index (χ2n) is 2.82. The van der Waals surface area contributed by atoms with Crippen molar-refractivity contribution in [2.75, 3.05) is 5.73 Å². The van der Waals surface area contributed by atoms with Crippen molar-refractivity contribution in [1.29, 1.82) is 0 Å². The molecule has 2 N–H and O–H groups in total. The van der Waals surface area contributed by atoms with Crippen molar-refractivity contribution in [3.8, 4) is 11.8 Å². The molecule has 0 amide bonds. The normalized spacial score (nSPS) is 9.06. The SMILES string of the molecule is Nc1c(C#CCC=O)cc(Cl)cc1[N+](=O)[O-]. The summed E-state index contributed by atoms with van der Waals surface area (Å²) in [4.78, 5) is 20.0. The molecule has 0 saturated heterocycles. The van der Waals surface area contributed by atoms with E-state index in [2.05, 4.69) is 11.8 Å². The molecule has 0 bridgehead atoms. The van der Waals surface area contributed by atoms with Crippen molar-refractivity contribution in [1.82, 2.24) is 0 Å². The monoisotopic (exact) mass is 238 g/mol. The van der Waals surface area contributed by atoms with Crippen LogP contribution in [0.2, 0.25) is 5.02 Å². The summed E-state index contributed by atoms with van der Waals surface area (Å²) in [5.41, 5.74) is 5.46. The van der Waals surface area contributed by atoms with Crippen LogP contribution in [0.15, 0.2) is 12.1 Å². The number of nitro groups is 1. The summed E-state index contributed by atoms with van der Waals surface area (Å²) in [5, 5.41) is 10.8. The number of rotatable bonds is 2. The predicted octanol–water partition coefficient (Wildman–Crippen LogP) is 1.77. The van der Waals surface area contributed by atoms with Gasteiger partial charge in [0.1, 0.15) is 12.0 Å². The number of hydrogen-bond acceptors (Lipinski definition) is 4. The molecule has 1 aromatic rings. The molecular formula is C10H7ClN2O3. The zero-order valence-electron chi connectivity index (χ0n) is 8.07. The smallest absolute Gasteiger partial charge is 0.294 e. The van der Waals surface area contributed by atoms with Crippen LogP contribution < -0.4 is 5.73 Å². The van der Waals surface area contributed by atoms with E-state index in [-0.39, 0.29) is 28.4 Å². The van der Waals surface area contributed by atoms with E-state index < -0.39 is 4.92 Å². The number of carbonyl (C=O) groups excluding carboxylic acids is 1. The molecule has 0 aromatic heterocycles. The highest BCUT2D eigenvalue weighted by molar-refractivity contribution is 6.31. The molecule has 82 valence electrons. The number of nitro benzene ring substituents is 1. The minimum atomic E-state index is -0.633. The molecule has 5 nitrogen and oxygen atoms in total. The van der Waals surface area contributed by atoms with Crippen molar-refractivity contribution in [2.24, 2.45) is 0 Å². The van der Waals surface area contributed by atoms with Gasteiger partial charge in [0, 0.05) is 11.1 Å². The van der Waals surface area contributed by atoms with E-state index in [1.165, 1.54) is 6.07 Å². The van der Waals surface area contributed by atoms with E-state index in [4.69, 9.17) is 17.3 Å². The zero-order chi connectivity index (χ0) is 12.1. The van der Waals surface area contributed by atoms with E-state index in [1.807, 2.05) is 0 Å². The van der Waals surface area contributed by atoms with Gasteiger partial charge in [0.25, 0.3) is 5.69 Å². The van der Waals surface area contributed by atoms with Gasteiger partial charge in [0.05, 0.1) is 16.9 Å². The van der Waals surface area contributed by atoms with Gasteiger partial charge in [-0.1, -0.05) is 23.4 Å². The number of aldehydes is 1. The first kappa shape index (κ1) is 12.0. The minimum Gasteiger partial charge on any atom is -0.392 e. The fraction of sp³-hybridized carbons (Fsp3) is 0.100. The summed E-state index contributed by atoms with van der Waals surface area (Å²) in [6.07, 6.45) is 0.669. The lowest BCUT2D eigenvalue weighted by Gasteiger charge is -2.00. The Balaban J connectivity index is 3.25. The molecule has 0 aliphatic heterocycles. The molecule has 1 aromatic carbocycles. The molecule has 0 heterocycles. The standard InChI is InChI=1S/C10H7ClN2O3/c11-8-5-7(3-1-2-4-14)10(12)9(6-8)13(15)16/h4-6H,2,12H2. The van der Waals surface area contributed by atoms with Gasteiger partial charge in [-0.25, -0.2) is 0 Å². The Bertz CT molecular complexity index is 503. The molecule has 0 atom stereocenters. The van der Waals surface area contributed by atoms with E-state index in [9.17, 15) is 14.9 Å². The minimum absolute atomic E-state index is 0.0414. The van der Waals surface area contributed by atoms with Crippen molar-refractivity contribution in [3.63, 3.8) is 0 Å². The number of nitrogen functional groups attached to an aromatic ring is 1. The van der Waals surface area contributed by atoms with Gasteiger partial charge in [-0.05, 0) is 6.07 Å². The molecular weight excluding hydrogens is 232 g/mol. The van der Waals surface area contributed by atoms with Crippen LogP contribution in [0, 0.1) is 22.0 Å². The number of benzene rings is 1. The van der Waals surface area contributed by atoms with Crippen LogP contribution >= 0.6 is 11.6 Å². The fourth-order valence-corrected chi connectivity index (χ4v) is 1.26. The molecule has 6 heteroatoms. The van der Waals surface area contributed by atoms with Crippen LogP contribution in [0.4, 0.5) is 11.4 Å². The molecule has 1 rings (SSSR count). The van der Waals surface area contributed by atoms with Gasteiger partial charge in [0.15, 0.2) is 0 Å². The molecule has 16 heavy (non-hydrogen) atoms. The zero-order valence-corrected chi connectivity index (χ0v) is 8.82. The maximum atomic E-state index is 10.6. The van der Waals surface area contributed by atoms with Crippen LogP contribution in [0.5, 0.6) is 0 Å². The Kier molecular flexibility index (Phi) is 3.86. The Morgan fingerprint density at radius 2 is 2.25 bits per heavy atom. The van der Waals surface area contributed by atoms with E-state index in [1.54, 1.807) is 0 Å². The highest BCUT2D eigenvalue weighted by atomic mass is 35.5.